The molecule has 192 valence electrons. The molecular formula is C30H36O6. The lowest BCUT2D eigenvalue weighted by atomic mass is 9.84. The Morgan fingerprint density at radius 2 is 1.92 bits per heavy atom. The van der Waals surface area contributed by atoms with Crippen LogP contribution < -0.4 is 4.74 Å². The fourth-order valence-electron chi connectivity index (χ4n) is 5.41. The molecule has 0 heterocycles. The van der Waals surface area contributed by atoms with Crippen LogP contribution in [0.1, 0.15) is 72.8 Å². The summed E-state index contributed by atoms with van der Waals surface area (Å²) >= 11 is 0. The summed E-state index contributed by atoms with van der Waals surface area (Å²) in [5.41, 5.74) is 4.59. The van der Waals surface area contributed by atoms with Crippen molar-refractivity contribution in [3.8, 4) is 5.75 Å². The van der Waals surface area contributed by atoms with E-state index in [9.17, 15) is 14.7 Å². The Balaban J connectivity index is 1.37. The highest BCUT2D eigenvalue weighted by Gasteiger charge is 2.42. The first kappa shape index (κ1) is 26.1. The number of carbonyl (C=O) groups is 2. The van der Waals surface area contributed by atoms with E-state index in [4.69, 9.17) is 9.47 Å². The van der Waals surface area contributed by atoms with Crippen molar-refractivity contribution in [3.05, 3.63) is 76.9 Å². The SMILES string of the molecule is COC(=O)CCC/C=C\C[C@H]1C(=O)C[C@@H](O)[C@@H]1c1ccc2c(c1)CCC2OCc1ccc(OC)cc1. The second-order valence-corrected chi connectivity index (χ2v) is 9.69. The Labute approximate surface area is 213 Å². The van der Waals surface area contributed by atoms with Crippen molar-refractivity contribution in [1.29, 1.82) is 0 Å². The lowest BCUT2D eigenvalue weighted by Crippen LogP contribution is -2.18. The minimum atomic E-state index is -0.656. The molecule has 0 aromatic heterocycles. The Morgan fingerprint density at radius 1 is 1.11 bits per heavy atom. The summed E-state index contributed by atoms with van der Waals surface area (Å²) in [5.74, 6) is 0.327. The fraction of sp³-hybridized carbons (Fsp3) is 0.467. The van der Waals surface area contributed by atoms with Crippen molar-refractivity contribution in [2.24, 2.45) is 5.92 Å². The van der Waals surface area contributed by atoms with Crippen molar-refractivity contribution in [2.45, 2.75) is 69.7 Å². The summed E-state index contributed by atoms with van der Waals surface area (Å²) in [5, 5.41) is 10.7. The molecule has 36 heavy (non-hydrogen) atoms. The number of allylic oxidation sites excluding steroid dienone is 2. The number of aliphatic hydroxyl groups excluding tert-OH is 1. The standard InChI is InChI=1S/C30H36O6/c1-34-23-13-9-20(10-14-23)19-36-28-16-12-21-17-22(11-15-24(21)28)30-25(26(31)18-27(30)32)7-5-3-4-6-8-29(33)35-2/h3,5,9-11,13-15,17,25,27-28,30,32H,4,6-8,12,16,18-19H2,1-2H3/b5-3-/t25-,27+,28?,30+/m0/s1. The van der Waals surface area contributed by atoms with Crippen LogP contribution >= 0.6 is 0 Å². The topological polar surface area (TPSA) is 82.1 Å². The molecule has 1 saturated carbocycles. The van der Waals surface area contributed by atoms with Crippen molar-refractivity contribution < 1.29 is 28.9 Å². The molecule has 1 N–H and O–H groups in total. The van der Waals surface area contributed by atoms with E-state index in [1.165, 1.54) is 18.2 Å². The predicted molar refractivity (Wildman–Crippen MR) is 137 cm³/mol. The lowest BCUT2D eigenvalue weighted by molar-refractivity contribution is -0.140. The van der Waals surface area contributed by atoms with E-state index in [1.807, 2.05) is 36.4 Å². The van der Waals surface area contributed by atoms with Crippen LogP contribution in [0.5, 0.6) is 5.75 Å². The average molecular weight is 493 g/mol. The van der Waals surface area contributed by atoms with Gasteiger partial charge in [-0.25, -0.2) is 0 Å². The second-order valence-electron chi connectivity index (χ2n) is 9.69. The van der Waals surface area contributed by atoms with Gasteiger partial charge in [-0.3, -0.25) is 9.59 Å². The first-order valence-electron chi connectivity index (χ1n) is 12.8. The molecule has 4 rings (SSSR count). The maximum Gasteiger partial charge on any atom is 0.305 e. The number of fused-ring (bicyclic) bond motifs is 1. The normalized spacial score (nSPS) is 23.2. The van der Waals surface area contributed by atoms with Gasteiger partial charge in [0.1, 0.15) is 11.5 Å². The molecule has 0 spiro atoms. The Morgan fingerprint density at radius 3 is 2.67 bits per heavy atom. The lowest BCUT2D eigenvalue weighted by Gasteiger charge is -2.22. The van der Waals surface area contributed by atoms with Gasteiger partial charge in [0, 0.05) is 24.7 Å². The molecule has 1 fully saturated rings. The maximum atomic E-state index is 12.7. The second kappa shape index (κ2) is 12.3. The molecule has 2 aliphatic rings. The summed E-state index contributed by atoms with van der Waals surface area (Å²) in [6, 6.07) is 14.3. The van der Waals surface area contributed by atoms with Gasteiger partial charge in [0.25, 0.3) is 0 Å². The highest BCUT2D eigenvalue weighted by atomic mass is 16.5. The highest BCUT2D eigenvalue weighted by Crippen LogP contribution is 2.43. The molecule has 1 unspecified atom stereocenters. The van der Waals surface area contributed by atoms with Crippen LogP contribution in [0.2, 0.25) is 0 Å². The summed E-state index contributed by atoms with van der Waals surface area (Å²) in [6.07, 6.45) is 7.97. The summed E-state index contributed by atoms with van der Waals surface area (Å²) in [7, 11) is 3.05. The number of ketones is 1. The Bertz CT molecular complexity index is 1070. The van der Waals surface area contributed by atoms with Gasteiger partial charge >= 0.3 is 5.97 Å². The van der Waals surface area contributed by atoms with Crippen molar-refractivity contribution in [2.75, 3.05) is 14.2 Å². The van der Waals surface area contributed by atoms with Crippen molar-refractivity contribution >= 4 is 11.8 Å². The molecule has 6 nitrogen and oxygen atoms in total. The summed E-state index contributed by atoms with van der Waals surface area (Å²) in [4.78, 5) is 23.9. The Kier molecular flexibility index (Phi) is 8.94. The maximum absolute atomic E-state index is 12.7. The molecule has 0 bridgehead atoms. The van der Waals surface area contributed by atoms with E-state index in [0.29, 0.717) is 19.4 Å². The highest BCUT2D eigenvalue weighted by molar-refractivity contribution is 5.85. The minimum Gasteiger partial charge on any atom is -0.497 e. The Hall–Kier alpha value is -2.96. The van der Waals surface area contributed by atoms with Crippen molar-refractivity contribution in [3.63, 3.8) is 0 Å². The summed E-state index contributed by atoms with van der Waals surface area (Å²) < 4.78 is 16.1. The van der Waals surface area contributed by atoms with E-state index in [-0.39, 0.29) is 36.1 Å². The van der Waals surface area contributed by atoms with Crippen LogP contribution in [-0.2, 0) is 32.1 Å². The first-order chi connectivity index (χ1) is 17.5. The van der Waals surface area contributed by atoms with Gasteiger partial charge in [-0.1, -0.05) is 42.5 Å². The van der Waals surface area contributed by atoms with E-state index in [0.717, 1.165) is 42.6 Å². The number of methoxy groups -OCH3 is 2. The van der Waals surface area contributed by atoms with Gasteiger partial charge in [-0.15, -0.1) is 0 Å². The van der Waals surface area contributed by atoms with Crippen molar-refractivity contribution in [1.82, 2.24) is 0 Å². The third-order valence-corrected chi connectivity index (χ3v) is 7.39. The van der Waals surface area contributed by atoms with E-state index < -0.39 is 6.10 Å². The van der Waals surface area contributed by atoms with Crippen LogP contribution in [0, 0.1) is 5.92 Å². The van der Waals surface area contributed by atoms with Gasteiger partial charge in [-0.05, 0) is 66.5 Å². The number of aryl methyl sites for hydroxylation is 1. The van der Waals surface area contributed by atoms with E-state index in [1.54, 1.807) is 7.11 Å². The number of Topliss-reactive ketones (excluding diaryl/α,β-unsaturated/α-hetero) is 1. The molecule has 0 saturated heterocycles. The van der Waals surface area contributed by atoms with E-state index in [2.05, 4.69) is 22.9 Å². The number of aliphatic hydroxyl groups is 1. The molecule has 2 aromatic rings. The first-order valence-corrected chi connectivity index (χ1v) is 12.8. The van der Waals surface area contributed by atoms with Gasteiger partial charge in [0.2, 0.25) is 0 Å². The number of hydrogen-bond acceptors (Lipinski definition) is 6. The van der Waals surface area contributed by atoms with Gasteiger partial charge in [0.05, 0.1) is 33.0 Å². The summed E-state index contributed by atoms with van der Waals surface area (Å²) in [6.45, 7) is 0.541. The van der Waals surface area contributed by atoms with Crippen LogP contribution in [-0.4, -0.2) is 37.2 Å². The zero-order chi connectivity index (χ0) is 25.5. The van der Waals surface area contributed by atoms with Crippen LogP contribution in [0.15, 0.2) is 54.6 Å². The molecule has 0 aliphatic heterocycles. The molecule has 0 amide bonds. The number of carbonyl (C=O) groups excluding carboxylic acids is 2. The molecule has 6 heteroatoms. The minimum absolute atomic E-state index is 0.0509. The molecule has 2 aliphatic carbocycles. The largest absolute Gasteiger partial charge is 0.497 e. The van der Waals surface area contributed by atoms with Gasteiger partial charge in [0.15, 0.2) is 0 Å². The number of ether oxygens (including phenoxy) is 3. The average Bonchev–Trinajstić information content (AvgIpc) is 3.43. The third kappa shape index (κ3) is 6.23. The van der Waals surface area contributed by atoms with Gasteiger partial charge < -0.3 is 19.3 Å². The predicted octanol–water partition coefficient (Wildman–Crippen LogP) is 5.22. The third-order valence-electron chi connectivity index (χ3n) is 7.39. The molecule has 0 radical (unpaired) electrons. The quantitative estimate of drug-likeness (QED) is 0.263. The van der Waals surface area contributed by atoms with E-state index >= 15 is 0 Å². The van der Waals surface area contributed by atoms with Gasteiger partial charge in [-0.2, -0.15) is 0 Å². The number of unbranched alkanes of at least 4 members (excludes halogenated alkanes) is 1. The number of esters is 1. The van der Waals surface area contributed by atoms with Crippen LogP contribution in [0.3, 0.4) is 0 Å². The fourth-order valence-corrected chi connectivity index (χ4v) is 5.41. The zero-order valence-electron chi connectivity index (χ0n) is 21.2. The van der Waals surface area contributed by atoms with Crippen LogP contribution in [0.25, 0.3) is 0 Å². The monoisotopic (exact) mass is 492 g/mol. The van der Waals surface area contributed by atoms with Crippen LogP contribution in [0.4, 0.5) is 0 Å². The molecule has 4 atom stereocenters. The molecular weight excluding hydrogens is 456 g/mol. The number of benzene rings is 2. The number of rotatable bonds is 11. The molecule has 2 aromatic carbocycles. The smallest absolute Gasteiger partial charge is 0.305 e. The number of hydrogen-bond donors (Lipinski definition) is 1. The zero-order valence-corrected chi connectivity index (χ0v) is 21.2.